The lowest BCUT2D eigenvalue weighted by Crippen LogP contribution is -2.25. The summed E-state index contributed by atoms with van der Waals surface area (Å²) in [7, 11) is 0. The summed E-state index contributed by atoms with van der Waals surface area (Å²) in [6, 6.07) is 12.0. The molecule has 36 heavy (non-hydrogen) atoms. The predicted molar refractivity (Wildman–Crippen MR) is 134 cm³/mol. The van der Waals surface area contributed by atoms with Crippen molar-refractivity contribution in [2.45, 2.75) is 64.0 Å². The summed E-state index contributed by atoms with van der Waals surface area (Å²) in [4.78, 5) is 30.6. The van der Waals surface area contributed by atoms with Crippen LogP contribution in [0.4, 0.5) is 10.1 Å². The molecule has 0 bridgehead atoms. The van der Waals surface area contributed by atoms with Gasteiger partial charge in [-0.2, -0.15) is 0 Å². The Morgan fingerprint density at radius 2 is 1.94 bits per heavy atom. The van der Waals surface area contributed by atoms with Gasteiger partial charge in [0.15, 0.2) is 5.82 Å². The van der Waals surface area contributed by atoms with Gasteiger partial charge in [-0.25, -0.2) is 9.37 Å². The Morgan fingerprint density at radius 3 is 2.81 bits per heavy atom. The molecule has 0 saturated heterocycles. The molecule has 1 aliphatic carbocycles. The number of nitrogens with zero attached hydrogens (tertiary/aromatic N) is 5. The molecule has 2 aromatic heterocycles. The van der Waals surface area contributed by atoms with Crippen LogP contribution in [-0.4, -0.2) is 30.2 Å². The zero-order valence-corrected chi connectivity index (χ0v) is 19.9. The fourth-order valence-corrected chi connectivity index (χ4v) is 4.99. The van der Waals surface area contributed by atoms with Gasteiger partial charge in [0.25, 0.3) is 5.56 Å². The molecular formula is C27H27FN6O2. The van der Waals surface area contributed by atoms with E-state index in [9.17, 15) is 14.0 Å². The van der Waals surface area contributed by atoms with Gasteiger partial charge in [0.2, 0.25) is 5.91 Å². The maximum absolute atomic E-state index is 14.8. The van der Waals surface area contributed by atoms with Crippen molar-refractivity contribution in [3.8, 4) is 11.4 Å². The Morgan fingerprint density at radius 1 is 1.08 bits per heavy atom. The summed E-state index contributed by atoms with van der Waals surface area (Å²) >= 11 is 0. The van der Waals surface area contributed by atoms with Crippen molar-refractivity contribution in [3.63, 3.8) is 0 Å². The molecule has 2 aliphatic rings. The molecule has 9 heteroatoms. The van der Waals surface area contributed by atoms with Crippen LogP contribution in [0.25, 0.3) is 22.3 Å². The number of para-hydroxylation sites is 1. The number of carbonyl (C=O) groups excluding carboxylic acids is 1. The molecule has 184 valence electrons. The summed E-state index contributed by atoms with van der Waals surface area (Å²) in [6.07, 6.45) is 6.40. The van der Waals surface area contributed by atoms with Gasteiger partial charge in [-0.05, 0) is 56.0 Å². The van der Waals surface area contributed by atoms with Gasteiger partial charge in [0, 0.05) is 37.5 Å². The first-order valence-electron chi connectivity index (χ1n) is 12.6. The van der Waals surface area contributed by atoms with Crippen LogP contribution in [-0.2, 0) is 24.2 Å². The number of rotatable bonds is 6. The number of hydrogen-bond acceptors (Lipinski definition) is 5. The molecule has 0 unspecified atom stereocenters. The molecule has 4 aromatic rings. The Labute approximate surface area is 207 Å². The van der Waals surface area contributed by atoms with E-state index in [-0.39, 0.29) is 23.9 Å². The van der Waals surface area contributed by atoms with Gasteiger partial charge < -0.3 is 9.88 Å². The van der Waals surface area contributed by atoms with E-state index in [1.54, 1.807) is 22.8 Å². The highest BCUT2D eigenvalue weighted by Gasteiger charge is 2.28. The van der Waals surface area contributed by atoms with Gasteiger partial charge in [0.05, 0.1) is 16.5 Å². The lowest BCUT2D eigenvalue weighted by atomic mass is 10.1. The van der Waals surface area contributed by atoms with Gasteiger partial charge in [0.1, 0.15) is 17.5 Å². The second-order valence-electron chi connectivity index (χ2n) is 9.60. The van der Waals surface area contributed by atoms with Gasteiger partial charge >= 0.3 is 0 Å². The average molecular weight is 487 g/mol. The van der Waals surface area contributed by atoms with E-state index in [1.807, 2.05) is 22.8 Å². The minimum absolute atomic E-state index is 0.0471. The second-order valence-corrected chi connectivity index (χ2v) is 9.60. The van der Waals surface area contributed by atoms with Crippen molar-refractivity contribution < 1.29 is 9.18 Å². The smallest absolute Gasteiger partial charge is 0.261 e. The number of aryl methyl sites for hydroxylation is 2. The van der Waals surface area contributed by atoms with E-state index in [0.717, 1.165) is 50.9 Å². The maximum atomic E-state index is 14.8. The minimum Gasteiger partial charge on any atom is -0.326 e. The molecule has 0 radical (unpaired) electrons. The van der Waals surface area contributed by atoms with Gasteiger partial charge in [-0.15, -0.1) is 10.2 Å². The average Bonchev–Trinajstić information content (AvgIpc) is 3.68. The molecule has 8 nitrogen and oxygen atoms in total. The van der Waals surface area contributed by atoms with Crippen molar-refractivity contribution in [1.29, 1.82) is 0 Å². The molecule has 1 aliphatic heterocycles. The van der Waals surface area contributed by atoms with Crippen LogP contribution < -0.4 is 10.9 Å². The van der Waals surface area contributed by atoms with E-state index in [0.29, 0.717) is 40.2 Å². The Hall–Kier alpha value is -3.88. The SMILES string of the molecule is O=C(CCc1nc2ccccc2c(=O)n1C1CC1)Nc1ccc(F)c(-c2nnc3n2CCCCC3)c1. The molecule has 1 amide bonds. The maximum Gasteiger partial charge on any atom is 0.261 e. The van der Waals surface area contributed by atoms with Crippen LogP contribution in [0, 0.1) is 5.82 Å². The molecule has 1 fully saturated rings. The van der Waals surface area contributed by atoms with Crippen LogP contribution in [0.3, 0.4) is 0 Å². The van der Waals surface area contributed by atoms with Crippen molar-refractivity contribution >= 4 is 22.5 Å². The van der Waals surface area contributed by atoms with Crippen molar-refractivity contribution in [3.05, 3.63) is 70.3 Å². The molecule has 0 atom stereocenters. The number of benzene rings is 2. The zero-order valence-electron chi connectivity index (χ0n) is 19.9. The number of carbonyl (C=O) groups is 1. The van der Waals surface area contributed by atoms with E-state index < -0.39 is 5.82 Å². The van der Waals surface area contributed by atoms with Gasteiger partial charge in [-0.1, -0.05) is 18.6 Å². The Kier molecular flexibility index (Phi) is 5.83. The third-order valence-electron chi connectivity index (χ3n) is 6.97. The number of aromatic nitrogens is 5. The molecule has 2 aromatic carbocycles. The number of amides is 1. The topological polar surface area (TPSA) is 94.7 Å². The number of nitrogens with one attached hydrogen (secondary N) is 1. The van der Waals surface area contributed by atoms with E-state index >= 15 is 0 Å². The first-order valence-corrected chi connectivity index (χ1v) is 12.6. The highest BCUT2D eigenvalue weighted by atomic mass is 19.1. The lowest BCUT2D eigenvalue weighted by Gasteiger charge is -2.13. The molecule has 3 heterocycles. The molecular weight excluding hydrogens is 459 g/mol. The normalized spacial score (nSPS) is 15.5. The van der Waals surface area contributed by atoms with Crippen LogP contribution in [0.1, 0.15) is 56.2 Å². The van der Waals surface area contributed by atoms with Crippen LogP contribution >= 0.6 is 0 Å². The van der Waals surface area contributed by atoms with Crippen LogP contribution in [0.15, 0.2) is 47.3 Å². The summed E-state index contributed by atoms with van der Waals surface area (Å²) in [5.74, 6) is 1.37. The lowest BCUT2D eigenvalue weighted by molar-refractivity contribution is -0.116. The third-order valence-corrected chi connectivity index (χ3v) is 6.97. The number of halogens is 1. The van der Waals surface area contributed by atoms with Gasteiger partial charge in [-0.3, -0.25) is 14.2 Å². The van der Waals surface area contributed by atoms with Crippen molar-refractivity contribution in [1.82, 2.24) is 24.3 Å². The van der Waals surface area contributed by atoms with Crippen molar-refractivity contribution in [2.24, 2.45) is 0 Å². The highest BCUT2D eigenvalue weighted by molar-refractivity contribution is 5.91. The highest BCUT2D eigenvalue weighted by Crippen LogP contribution is 2.35. The number of anilines is 1. The second kappa shape index (κ2) is 9.29. The van der Waals surface area contributed by atoms with E-state index in [1.165, 1.54) is 6.07 Å². The largest absolute Gasteiger partial charge is 0.326 e. The fraction of sp³-hybridized carbons (Fsp3) is 0.370. The van der Waals surface area contributed by atoms with E-state index in [2.05, 4.69) is 15.5 Å². The predicted octanol–water partition coefficient (Wildman–Crippen LogP) is 4.43. The summed E-state index contributed by atoms with van der Waals surface area (Å²) in [5, 5.41) is 12.0. The third kappa shape index (κ3) is 4.29. The van der Waals surface area contributed by atoms with Crippen LogP contribution in [0.2, 0.25) is 0 Å². The van der Waals surface area contributed by atoms with E-state index in [4.69, 9.17) is 4.98 Å². The van der Waals surface area contributed by atoms with Crippen LogP contribution in [0.5, 0.6) is 0 Å². The zero-order chi connectivity index (χ0) is 24.6. The minimum atomic E-state index is -0.402. The molecule has 6 rings (SSSR count). The molecule has 1 N–H and O–H groups in total. The summed E-state index contributed by atoms with van der Waals surface area (Å²) in [6.45, 7) is 0.759. The Balaban J connectivity index is 1.21. The molecule has 0 spiro atoms. The quantitative estimate of drug-likeness (QED) is 0.435. The Bertz CT molecular complexity index is 1520. The standard InChI is InChI=1S/C27H27FN6O2/c28-21-12-9-17(16-20(21)26-32-31-24-8-2-1-5-15-33(24)26)29-25(35)14-13-23-30-22-7-4-3-6-19(22)27(36)34(23)18-10-11-18/h3-4,6-7,9,12,16,18H,1-2,5,8,10-11,13-15H2,(H,29,35). The fourth-order valence-electron chi connectivity index (χ4n) is 4.99. The summed E-state index contributed by atoms with van der Waals surface area (Å²) in [5.41, 5.74) is 1.42. The monoisotopic (exact) mass is 486 g/mol. The molecule has 1 saturated carbocycles. The van der Waals surface area contributed by atoms with Crippen molar-refractivity contribution in [2.75, 3.05) is 5.32 Å². The first kappa shape index (κ1) is 22.6. The number of hydrogen-bond donors (Lipinski definition) is 1. The first-order chi connectivity index (χ1) is 17.6. The number of fused-ring (bicyclic) bond motifs is 2. The summed E-state index contributed by atoms with van der Waals surface area (Å²) < 4.78 is 18.5.